The summed E-state index contributed by atoms with van der Waals surface area (Å²) < 4.78 is 29.7. The molecule has 13 nitrogen and oxygen atoms in total. The van der Waals surface area contributed by atoms with Crippen LogP contribution in [0, 0.1) is 0 Å². The zero-order valence-corrected chi connectivity index (χ0v) is 27.3. The molecule has 2 atom stereocenters. The van der Waals surface area contributed by atoms with Gasteiger partial charge in [-0.1, -0.05) is 30.2 Å². The predicted molar refractivity (Wildman–Crippen MR) is 172 cm³/mol. The highest BCUT2D eigenvalue weighted by Gasteiger charge is 2.36. The van der Waals surface area contributed by atoms with Crippen molar-refractivity contribution >= 4 is 35.0 Å². The second-order valence-electron chi connectivity index (χ2n) is 12.3. The van der Waals surface area contributed by atoms with E-state index in [-0.39, 0.29) is 40.5 Å². The molecule has 0 spiro atoms. The minimum absolute atomic E-state index is 0.00994. The Hall–Kier alpha value is -3.07. The van der Waals surface area contributed by atoms with Gasteiger partial charge in [0.25, 0.3) is 0 Å². The van der Waals surface area contributed by atoms with E-state index < -0.39 is 17.5 Å². The Morgan fingerprint density at radius 1 is 0.978 bits per heavy atom. The lowest BCUT2D eigenvalue weighted by molar-refractivity contribution is -0.145. The third kappa shape index (κ3) is 11.0. The minimum Gasteiger partial charge on any atom is -0.492 e. The zero-order valence-electron chi connectivity index (χ0n) is 26.6. The molecule has 0 bridgehead atoms. The van der Waals surface area contributed by atoms with E-state index in [9.17, 15) is 4.79 Å². The summed E-state index contributed by atoms with van der Waals surface area (Å²) in [5.74, 6) is -0.990. The standard InChI is InChI=1S/C31H46ClN7O6/c1-30(2)42-18-22(44-30)16-39(17-23-19-43-31(3,4)45-23)14-15-41-21-12-10-20(11-13-21)8-6-5-7-9-24(33)36-29(40)25-27(34)38-28(35)26(32)37-25/h10-13,22-23H,5-9,14-19H2,1-4H3,(H2,33,36,40)(H4,34,35,38)/t22-,23-/m0/s1. The Bertz CT molecular complexity index is 1300. The van der Waals surface area contributed by atoms with E-state index in [4.69, 9.17) is 52.5 Å². The number of ether oxygens (including phenoxy) is 5. The Balaban J connectivity index is 1.16. The number of benzene rings is 1. The number of aromatic nitrogens is 2. The normalized spacial score (nSPS) is 21.0. The fourth-order valence-corrected chi connectivity index (χ4v) is 5.36. The van der Waals surface area contributed by atoms with E-state index in [1.165, 1.54) is 5.56 Å². The number of nitrogens with zero attached hydrogens (tertiary/aromatic N) is 4. The van der Waals surface area contributed by atoms with E-state index in [2.05, 4.69) is 32.0 Å². The van der Waals surface area contributed by atoms with Gasteiger partial charge >= 0.3 is 5.91 Å². The average Bonchev–Trinajstić information content (AvgIpc) is 3.49. The number of amides is 1. The van der Waals surface area contributed by atoms with Crippen LogP contribution in [0.2, 0.25) is 5.15 Å². The molecule has 1 amide bonds. The van der Waals surface area contributed by atoms with Gasteiger partial charge in [0, 0.05) is 26.1 Å². The monoisotopic (exact) mass is 647 g/mol. The first kappa shape index (κ1) is 34.8. The molecule has 1 aromatic carbocycles. The first-order valence-corrected chi connectivity index (χ1v) is 15.7. The van der Waals surface area contributed by atoms with E-state index in [1.54, 1.807) is 0 Å². The van der Waals surface area contributed by atoms with E-state index >= 15 is 0 Å². The first-order chi connectivity index (χ1) is 21.3. The minimum atomic E-state index is -0.697. The molecule has 4 rings (SSSR count). The number of carbonyl (C=O) groups is 1. The molecule has 0 unspecified atom stereocenters. The summed E-state index contributed by atoms with van der Waals surface area (Å²) in [6.45, 7) is 11.6. The van der Waals surface area contributed by atoms with Crippen LogP contribution in [-0.4, -0.2) is 89.8 Å². The quantitative estimate of drug-likeness (QED) is 0.145. The Morgan fingerprint density at radius 2 is 1.60 bits per heavy atom. The van der Waals surface area contributed by atoms with Crippen molar-refractivity contribution in [2.75, 3.05) is 50.9 Å². The lowest BCUT2D eigenvalue weighted by Crippen LogP contribution is -2.42. The molecule has 248 valence electrons. The molecule has 3 heterocycles. The predicted octanol–water partition coefficient (Wildman–Crippen LogP) is 3.58. The highest BCUT2D eigenvalue weighted by molar-refractivity contribution is 6.31. The van der Waals surface area contributed by atoms with Crippen LogP contribution in [-0.2, 0) is 25.4 Å². The number of rotatable bonds is 15. The number of aryl methyl sites for hydroxylation is 1. The fourth-order valence-electron chi connectivity index (χ4n) is 5.23. The second kappa shape index (κ2) is 15.5. The number of carbonyl (C=O) groups excluding carboxylic acids is 1. The molecule has 6 N–H and O–H groups in total. The van der Waals surface area contributed by atoms with Crippen LogP contribution >= 0.6 is 11.6 Å². The van der Waals surface area contributed by atoms with Crippen molar-refractivity contribution in [1.82, 2.24) is 14.9 Å². The molecule has 2 aliphatic heterocycles. The van der Waals surface area contributed by atoms with Gasteiger partial charge in [-0.3, -0.25) is 9.69 Å². The molecule has 1 aromatic heterocycles. The van der Waals surface area contributed by atoms with Gasteiger partial charge in [-0.25, -0.2) is 9.97 Å². The molecule has 0 radical (unpaired) electrons. The number of halogens is 1. The van der Waals surface area contributed by atoms with Crippen LogP contribution in [0.1, 0.15) is 69.4 Å². The number of amidine groups is 1. The van der Waals surface area contributed by atoms with E-state index in [0.717, 1.165) is 51.1 Å². The van der Waals surface area contributed by atoms with Crippen LogP contribution in [0.3, 0.4) is 0 Å². The number of aliphatic imine (C=N–C) groups is 1. The third-order valence-corrected chi connectivity index (χ3v) is 7.69. The molecular formula is C31H46ClN7O6. The van der Waals surface area contributed by atoms with Gasteiger partial charge in [0.15, 0.2) is 34.1 Å². The van der Waals surface area contributed by atoms with Crippen molar-refractivity contribution in [2.24, 2.45) is 10.7 Å². The Morgan fingerprint density at radius 3 is 2.18 bits per heavy atom. The summed E-state index contributed by atoms with van der Waals surface area (Å²) in [6.07, 6.45) is 4.05. The maximum Gasteiger partial charge on any atom is 0.301 e. The number of hydrogen-bond acceptors (Lipinski definition) is 11. The lowest BCUT2D eigenvalue weighted by atomic mass is 10.1. The van der Waals surface area contributed by atoms with Crippen molar-refractivity contribution < 1.29 is 28.5 Å². The molecule has 0 saturated carbocycles. The third-order valence-electron chi connectivity index (χ3n) is 7.41. The fraction of sp³-hybridized carbons (Fsp3) is 0.613. The molecular weight excluding hydrogens is 602 g/mol. The number of nitrogens with two attached hydrogens (primary N) is 3. The summed E-state index contributed by atoms with van der Waals surface area (Å²) >= 11 is 5.83. The van der Waals surface area contributed by atoms with Gasteiger partial charge < -0.3 is 40.9 Å². The van der Waals surface area contributed by atoms with Crippen LogP contribution in [0.25, 0.3) is 0 Å². The van der Waals surface area contributed by atoms with Crippen molar-refractivity contribution in [1.29, 1.82) is 0 Å². The lowest BCUT2D eigenvalue weighted by Gasteiger charge is -2.28. The summed E-state index contributed by atoms with van der Waals surface area (Å²) in [5.41, 5.74) is 18.2. The molecule has 2 fully saturated rings. The zero-order chi connectivity index (χ0) is 32.6. The van der Waals surface area contributed by atoms with Gasteiger partial charge in [-0.05, 0) is 64.7 Å². The Kier molecular flexibility index (Phi) is 12.0. The summed E-state index contributed by atoms with van der Waals surface area (Å²) in [6, 6.07) is 8.17. The average molecular weight is 648 g/mol. The smallest absolute Gasteiger partial charge is 0.301 e. The number of nitrogen functional groups attached to an aromatic ring is 2. The summed E-state index contributed by atoms with van der Waals surface area (Å²) in [7, 11) is 0. The largest absolute Gasteiger partial charge is 0.492 e. The molecule has 2 aliphatic rings. The van der Waals surface area contributed by atoms with E-state index in [0.29, 0.717) is 26.2 Å². The second-order valence-corrected chi connectivity index (χ2v) is 12.6. The van der Waals surface area contributed by atoms with Crippen LogP contribution in [0.5, 0.6) is 5.75 Å². The summed E-state index contributed by atoms with van der Waals surface area (Å²) in [5, 5.41) is -0.108. The topological polar surface area (TPSA) is 183 Å². The van der Waals surface area contributed by atoms with Crippen LogP contribution < -0.4 is 21.9 Å². The van der Waals surface area contributed by atoms with Crippen LogP contribution in [0.4, 0.5) is 11.6 Å². The van der Waals surface area contributed by atoms with Crippen LogP contribution in [0.15, 0.2) is 29.3 Å². The van der Waals surface area contributed by atoms with E-state index in [1.807, 2.05) is 39.8 Å². The highest BCUT2D eigenvalue weighted by Crippen LogP contribution is 2.26. The van der Waals surface area contributed by atoms with Gasteiger partial charge in [0.05, 0.1) is 25.4 Å². The molecule has 0 aliphatic carbocycles. The number of anilines is 2. The molecule has 2 saturated heterocycles. The van der Waals surface area contributed by atoms with Gasteiger partial charge in [-0.15, -0.1) is 0 Å². The van der Waals surface area contributed by atoms with Gasteiger partial charge in [0.1, 0.15) is 18.2 Å². The highest BCUT2D eigenvalue weighted by atomic mass is 35.5. The first-order valence-electron chi connectivity index (χ1n) is 15.3. The molecule has 2 aromatic rings. The number of unbranched alkanes of at least 4 members (excludes halogenated alkanes) is 2. The molecule has 14 heteroatoms. The van der Waals surface area contributed by atoms with Crippen molar-refractivity contribution in [3.05, 3.63) is 40.7 Å². The Labute approximate surface area is 269 Å². The number of hydrogen-bond donors (Lipinski definition) is 3. The van der Waals surface area contributed by atoms with Gasteiger partial charge in [-0.2, -0.15) is 4.99 Å². The maximum atomic E-state index is 12.3. The van der Waals surface area contributed by atoms with Gasteiger partial charge in [0.2, 0.25) is 0 Å². The SMILES string of the molecule is CC1(C)OC[C@H](CN(CCOc2ccc(CCCCCC(N)=NC(=O)c3nc(Cl)c(N)nc3N)cc2)C[C@H]2COC(C)(C)O2)O1. The molecule has 45 heavy (non-hydrogen) atoms. The van der Waals surface area contributed by atoms with Crippen molar-refractivity contribution in [3.63, 3.8) is 0 Å². The van der Waals surface area contributed by atoms with Crippen molar-refractivity contribution in [2.45, 2.75) is 83.6 Å². The summed E-state index contributed by atoms with van der Waals surface area (Å²) in [4.78, 5) is 26.2. The van der Waals surface area contributed by atoms with Crippen molar-refractivity contribution in [3.8, 4) is 5.75 Å². The maximum absolute atomic E-state index is 12.3.